The minimum absolute atomic E-state index is 0.239. The van der Waals surface area contributed by atoms with Gasteiger partial charge in [0.1, 0.15) is 5.52 Å². The highest BCUT2D eigenvalue weighted by Gasteiger charge is 2.22. The van der Waals surface area contributed by atoms with Crippen LogP contribution in [0.25, 0.3) is 16.8 Å². The molecule has 21 heavy (non-hydrogen) atoms. The van der Waals surface area contributed by atoms with Crippen LogP contribution in [0.3, 0.4) is 0 Å². The molecule has 1 saturated heterocycles. The number of fused-ring (bicyclic) bond motifs is 1. The average Bonchev–Trinajstić information content (AvgIpc) is 3.14. The molecule has 1 fully saturated rings. The Morgan fingerprint density at radius 1 is 1.19 bits per heavy atom. The number of rotatable bonds is 2. The lowest BCUT2D eigenvalue weighted by Crippen LogP contribution is -2.27. The molecule has 0 bridgehead atoms. The van der Waals surface area contributed by atoms with Crippen LogP contribution in [0.2, 0.25) is 0 Å². The molecule has 2 N–H and O–H groups in total. The predicted octanol–water partition coefficient (Wildman–Crippen LogP) is 1.93. The summed E-state index contributed by atoms with van der Waals surface area (Å²) in [6.45, 7) is 1.82. The van der Waals surface area contributed by atoms with Crippen LogP contribution in [0, 0.1) is 0 Å². The van der Waals surface area contributed by atoms with E-state index in [2.05, 4.69) is 33.2 Å². The van der Waals surface area contributed by atoms with Gasteiger partial charge >= 0.3 is 0 Å². The van der Waals surface area contributed by atoms with E-state index in [1.807, 2.05) is 28.9 Å². The summed E-state index contributed by atoms with van der Waals surface area (Å²) in [6, 6.07) is 12.5. The van der Waals surface area contributed by atoms with Crippen molar-refractivity contribution in [1.29, 1.82) is 0 Å². The Morgan fingerprint density at radius 3 is 2.81 bits per heavy atom. The van der Waals surface area contributed by atoms with E-state index in [0.717, 1.165) is 42.1 Å². The maximum absolute atomic E-state index is 6.01. The van der Waals surface area contributed by atoms with Gasteiger partial charge in [-0.1, -0.05) is 30.3 Å². The standard InChI is InChI=1S/C16H17N5/c17-13-6-8-20(11-13)16-15-10-14(12-4-2-1-3-5-12)19-21(15)9-7-18-16/h1-5,7,9-10,13H,6,8,11,17H2/t13-/m0/s1. The number of aromatic nitrogens is 3. The summed E-state index contributed by atoms with van der Waals surface area (Å²) in [6.07, 6.45) is 4.71. The van der Waals surface area contributed by atoms with Gasteiger partial charge in [0.2, 0.25) is 0 Å². The van der Waals surface area contributed by atoms with Gasteiger partial charge in [-0.05, 0) is 12.5 Å². The minimum atomic E-state index is 0.239. The second-order valence-electron chi connectivity index (χ2n) is 5.47. The highest BCUT2D eigenvalue weighted by Crippen LogP contribution is 2.26. The smallest absolute Gasteiger partial charge is 0.154 e. The van der Waals surface area contributed by atoms with Crippen LogP contribution < -0.4 is 10.6 Å². The molecule has 5 heteroatoms. The molecule has 0 radical (unpaired) electrons. The Morgan fingerprint density at radius 2 is 2.05 bits per heavy atom. The summed E-state index contributed by atoms with van der Waals surface area (Å²) in [4.78, 5) is 6.79. The molecule has 0 unspecified atom stereocenters. The van der Waals surface area contributed by atoms with Gasteiger partial charge in [0.25, 0.3) is 0 Å². The van der Waals surface area contributed by atoms with Crippen LogP contribution in [0.4, 0.5) is 5.82 Å². The molecule has 0 saturated carbocycles. The molecule has 4 rings (SSSR count). The van der Waals surface area contributed by atoms with Crippen LogP contribution in [0.1, 0.15) is 6.42 Å². The fraction of sp³-hybridized carbons (Fsp3) is 0.250. The number of benzene rings is 1. The molecule has 1 aliphatic heterocycles. The lowest BCUT2D eigenvalue weighted by molar-refractivity contribution is 0.751. The second kappa shape index (κ2) is 4.86. The van der Waals surface area contributed by atoms with Gasteiger partial charge in [-0.3, -0.25) is 0 Å². The van der Waals surface area contributed by atoms with Crippen molar-refractivity contribution in [2.45, 2.75) is 12.5 Å². The summed E-state index contributed by atoms with van der Waals surface area (Å²) in [5.41, 5.74) is 9.13. The third-order valence-corrected chi connectivity index (χ3v) is 3.96. The Balaban J connectivity index is 1.81. The maximum atomic E-state index is 6.01. The minimum Gasteiger partial charge on any atom is -0.353 e. The average molecular weight is 279 g/mol. The van der Waals surface area contributed by atoms with Crippen LogP contribution >= 0.6 is 0 Å². The quantitative estimate of drug-likeness (QED) is 0.778. The van der Waals surface area contributed by atoms with E-state index in [0.29, 0.717) is 0 Å². The summed E-state index contributed by atoms with van der Waals surface area (Å²) in [5, 5.41) is 4.65. The SMILES string of the molecule is N[C@H]1CCN(c2nccn3nc(-c4ccccc4)cc23)C1. The number of hydrogen-bond donors (Lipinski definition) is 1. The molecule has 1 atom stereocenters. The van der Waals surface area contributed by atoms with Crippen molar-refractivity contribution in [3.63, 3.8) is 0 Å². The Labute approximate surface area is 123 Å². The van der Waals surface area contributed by atoms with Crippen molar-refractivity contribution < 1.29 is 0 Å². The van der Waals surface area contributed by atoms with Crippen molar-refractivity contribution in [1.82, 2.24) is 14.6 Å². The van der Waals surface area contributed by atoms with Gasteiger partial charge in [-0.2, -0.15) is 5.10 Å². The first kappa shape index (κ1) is 12.3. The van der Waals surface area contributed by atoms with Crippen LogP contribution in [0.15, 0.2) is 48.8 Å². The van der Waals surface area contributed by atoms with Crippen molar-refractivity contribution in [2.75, 3.05) is 18.0 Å². The molecule has 1 aromatic carbocycles. The number of nitrogens with two attached hydrogens (primary N) is 1. The van der Waals surface area contributed by atoms with E-state index in [-0.39, 0.29) is 6.04 Å². The fourth-order valence-corrected chi connectivity index (χ4v) is 2.88. The molecular formula is C16H17N5. The molecule has 3 aromatic rings. The van der Waals surface area contributed by atoms with Crippen molar-refractivity contribution in [3.8, 4) is 11.3 Å². The summed E-state index contributed by atoms with van der Waals surface area (Å²) in [7, 11) is 0. The van der Waals surface area contributed by atoms with E-state index in [1.165, 1.54) is 0 Å². The molecule has 0 amide bonds. The molecule has 5 nitrogen and oxygen atoms in total. The van der Waals surface area contributed by atoms with Crippen LogP contribution in [0.5, 0.6) is 0 Å². The number of hydrogen-bond acceptors (Lipinski definition) is 4. The summed E-state index contributed by atoms with van der Waals surface area (Å²) in [5.74, 6) is 0.972. The van der Waals surface area contributed by atoms with Gasteiger partial charge in [-0.25, -0.2) is 9.50 Å². The van der Waals surface area contributed by atoms with E-state index in [1.54, 1.807) is 6.20 Å². The van der Waals surface area contributed by atoms with Crippen molar-refractivity contribution >= 4 is 11.3 Å². The van der Waals surface area contributed by atoms with Gasteiger partial charge in [-0.15, -0.1) is 0 Å². The van der Waals surface area contributed by atoms with E-state index in [4.69, 9.17) is 5.73 Å². The molecule has 1 aliphatic rings. The maximum Gasteiger partial charge on any atom is 0.154 e. The third-order valence-electron chi connectivity index (χ3n) is 3.96. The summed E-state index contributed by atoms with van der Waals surface area (Å²) < 4.78 is 1.90. The monoisotopic (exact) mass is 279 g/mol. The molecule has 0 aliphatic carbocycles. The second-order valence-corrected chi connectivity index (χ2v) is 5.47. The van der Waals surface area contributed by atoms with E-state index >= 15 is 0 Å². The van der Waals surface area contributed by atoms with Gasteiger partial charge in [0.05, 0.1) is 5.69 Å². The van der Waals surface area contributed by atoms with Gasteiger partial charge in [0.15, 0.2) is 5.82 Å². The van der Waals surface area contributed by atoms with Gasteiger partial charge in [0, 0.05) is 37.1 Å². The lowest BCUT2D eigenvalue weighted by Gasteiger charge is -2.17. The summed E-state index contributed by atoms with van der Waals surface area (Å²) >= 11 is 0. The Bertz CT molecular complexity index is 765. The highest BCUT2D eigenvalue weighted by molar-refractivity contribution is 5.75. The molecule has 3 heterocycles. The molecular weight excluding hydrogens is 262 g/mol. The Hall–Kier alpha value is -2.40. The van der Waals surface area contributed by atoms with Crippen LogP contribution in [-0.2, 0) is 0 Å². The first-order chi connectivity index (χ1) is 10.3. The zero-order valence-corrected chi connectivity index (χ0v) is 11.7. The topological polar surface area (TPSA) is 59.5 Å². The van der Waals surface area contributed by atoms with E-state index in [9.17, 15) is 0 Å². The molecule has 106 valence electrons. The Kier molecular flexibility index (Phi) is 2.86. The molecule has 2 aromatic heterocycles. The fourth-order valence-electron chi connectivity index (χ4n) is 2.88. The zero-order valence-electron chi connectivity index (χ0n) is 11.7. The highest BCUT2D eigenvalue weighted by atomic mass is 15.3. The predicted molar refractivity (Wildman–Crippen MR) is 83.2 cm³/mol. The number of nitrogens with zero attached hydrogens (tertiary/aromatic N) is 4. The largest absolute Gasteiger partial charge is 0.353 e. The molecule has 0 spiro atoms. The first-order valence-corrected chi connectivity index (χ1v) is 7.21. The lowest BCUT2D eigenvalue weighted by atomic mass is 10.1. The number of anilines is 1. The van der Waals surface area contributed by atoms with Crippen molar-refractivity contribution in [2.24, 2.45) is 5.73 Å². The third kappa shape index (κ3) is 2.15. The van der Waals surface area contributed by atoms with Gasteiger partial charge < -0.3 is 10.6 Å². The zero-order chi connectivity index (χ0) is 14.2. The first-order valence-electron chi connectivity index (χ1n) is 7.21. The van der Waals surface area contributed by atoms with E-state index < -0.39 is 0 Å². The van der Waals surface area contributed by atoms with Crippen LogP contribution in [-0.4, -0.2) is 33.7 Å². The normalized spacial score (nSPS) is 18.5. The van der Waals surface area contributed by atoms with Crippen molar-refractivity contribution in [3.05, 3.63) is 48.8 Å².